The number of likely N-dealkylation sites (tertiary alicyclic amines) is 1. The Labute approximate surface area is 193 Å². The summed E-state index contributed by atoms with van der Waals surface area (Å²) in [7, 11) is -3.88. The Balaban J connectivity index is 1.66. The van der Waals surface area contributed by atoms with Gasteiger partial charge < -0.3 is 4.90 Å². The first-order chi connectivity index (χ1) is 15.1. The maximum absolute atomic E-state index is 13.4. The molecule has 1 aromatic carbocycles. The van der Waals surface area contributed by atoms with Crippen molar-refractivity contribution < 1.29 is 17.6 Å². The van der Waals surface area contributed by atoms with Crippen molar-refractivity contribution in [2.75, 3.05) is 13.1 Å². The van der Waals surface area contributed by atoms with Crippen LogP contribution in [0, 0.1) is 18.7 Å². The Morgan fingerprint density at radius 3 is 2.84 bits per heavy atom. The molecule has 1 N–H and O–H groups in total. The van der Waals surface area contributed by atoms with E-state index >= 15 is 0 Å². The number of nitrogens with one attached hydrogen (secondary N) is 1. The van der Waals surface area contributed by atoms with E-state index in [0.29, 0.717) is 42.6 Å². The number of hydrogen-bond donors (Lipinski definition) is 1. The number of halogens is 2. The van der Waals surface area contributed by atoms with Crippen molar-refractivity contribution in [3.8, 4) is 0 Å². The molecule has 0 spiro atoms. The second-order valence-electron chi connectivity index (χ2n) is 8.40. The zero-order chi connectivity index (χ0) is 23.5. The van der Waals surface area contributed by atoms with Gasteiger partial charge in [-0.2, -0.15) is 5.10 Å². The van der Waals surface area contributed by atoms with Gasteiger partial charge in [-0.3, -0.25) is 9.48 Å². The average molecular weight is 483 g/mol. The van der Waals surface area contributed by atoms with Crippen LogP contribution in [-0.2, 0) is 21.4 Å². The number of sulfonamides is 1. The Hall–Kier alpha value is -2.23. The lowest BCUT2D eigenvalue weighted by Gasteiger charge is -2.32. The van der Waals surface area contributed by atoms with E-state index in [1.165, 1.54) is 24.3 Å². The van der Waals surface area contributed by atoms with Gasteiger partial charge in [-0.05, 0) is 50.0 Å². The number of rotatable bonds is 7. The number of benzene rings is 1. The second kappa shape index (κ2) is 10.1. The van der Waals surface area contributed by atoms with E-state index in [2.05, 4.69) is 23.7 Å². The first-order valence-electron chi connectivity index (χ1n) is 10.5. The maximum atomic E-state index is 13.4. The van der Waals surface area contributed by atoms with Crippen LogP contribution < -0.4 is 4.72 Å². The van der Waals surface area contributed by atoms with Gasteiger partial charge >= 0.3 is 0 Å². The minimum absolute atomic E-state index is 0.135. The molecule has 3 rings (SSSR count). The van der Waals surface area contributed by atoms with Gasteiger partial charge in [-0.25, -0.2) is 17.5 Å². The molecule has 0 aliphatic carbocycles. The van der Waals surface area contributed by atoms with Crippen molar-refractivity contribution >= 4 is 33.6 Å². The van der Waals surface area contributed by atoms with Crippen LogP contribution in [-0.4, -0.2) is 48.1 Å². The summed E-state index contributed by atoms with van der Waals surface area (Å²) in [4.78, 5) is 14.2. The lowest BCUT2D eigenvalue weighted by molar-refractivity contribution is -0.127. The zero-order valence-corrected chi connectivity index (χ0v) is 20.0. The van der Waals surface area contributed by atoms with Gasteiger partial charge in [0.15, 0.2) is 0 Å². The van der Waals surface area contributed by atoms with Gasteiger partial charge in [0.05, 0.1) is 10.6 Å². The molecule has 0 bridgehead atoms. The molecule has 0 saturated carbocycles. The highest BCUT2D eigenvalue weighted by Gasteiger charge is 2.27. The Kier molecular flexibility index (Phi) is 7.74. The van der Waals surface area contributed by atoms with E-state index < -0.39 is 21.9 Å². The van der Waals surface area contributed by atoms with Crippen molar-refractivity contribution in [2.24, 2.45) is 5.92 Å². The fraction of sp³-hybridized carbons (Fsp3) is 0.455. The molecule has 2 aromatic rings. The summed E-state index contributed by atoms with van der Waals surface area (Å²) in [6.45, 7) is 7.42. The lowest BCUT2D eigenvalue weighted by atomic mass is 10.1. The highest BCUT2D eigenvalue weighted by atomic mass is 35.5. The molecule has 2 heterocycles. The van der Waals surface area contributed by atoms with Crippen molar-refractivity contribution in [3.63, 3.8) is 0 Å². The molecule has 7 nitrogen and oxygen atoms in total. The van der Waals surface area contributed by atoms with E-state index in [-0.39, 0.29) is 17.3 Å². The number of hydrogen-bond acceptors (Lipinski definition) is 4. The Bertz CT molecular complexity index is 1110. The van der Waals surface area contributed by atoms with Gasteiger partial charge in [-0.1, -0.05) is 31.5 Å². The minimum atomic E-state index is -3.88. The number of carbonyl (C=O) groups is 1. The summed E-state index contributed by atoms with van der Waals surface area (Å²) in [6, 6.07) is 4.40. The van der Waals surface area contributed by atoms with Crippen LogP contribution in [0.25, 0.3) is 6.08 Å². The smallest absolute Gasteiger partial charge is 0.246 e. The summed E-state index contributed by atoms with van der Waals surface area (Å²) >= 11 is 6.43. The van der Waals surface area contributed by atoms with E-state index in [9.17, 15) is 17.6 Å². The molecule has 1 unspecified atom stereocenters. The molecule has 1 aliphatic rings. The summed E-state index contributed by atoms with van der Waals surface area (Å²) in [5, 5.41) is 4.92. The van der Waals surface area contributed by atoms with Gasteiger partial charge in [0.2, 0.25) is 15.9 Å². The molecule has 1 atom stereocenters. The molecular weight excluding hydrogens is 455 g/mol. The molecule has 1 amide bonds. The highest BCUT2D eigenvalue weighted by Crippen LogP contribution is 2.23. The monoisotopic (exact) mass is 482 g/mol. The van der Waals surface area contributed by atoms with Crippen molar-refractivity contribution in [1.29, 1.82) is 0 Å². The number of nitrogens with zero attached hydrogens (tertiary/aromatic N) is 3. The quantitative estimate of drug-likeness (QED) is 0.611. The summed E-state index contributed by atoms with van der Waals surface area (Å²) < 4.78 is 42.9. The van der Waals surface area contributed by atoms with E-state index in [1.807, 2.05) is 6.92 Å². The van der Waals surface area contributed by atoms with Crippen LogP contribution >= 0.6 is 11.6 Å². The van der Waals surface area contributed by atoms with Crippen LogP contribution in [0.2, 0.25) is 5.15 Å². The molecule has 1 aliphatic heterocycles. The van der Waals surface area contributed by atoms with Crippen LogP contribution in [0.5, 0.6) is 0 Å². The molecule has 10 heteroatoms. The van der Waals surface area contributed by atoms with E-state index in [0.717, 1.165) is 11.8 Å². The fourth-order valence-corrected chi connectivity index (χ4v) is 5.28. The lowest BCUT2D eigenvalue weighted by Crippen LogP contribution is -2.49. The number of piperidine rings is 1. The van der Waals surface area contributed by atoms with Gasteiger partial charge in [0.25, 0.3) is 0 Å². The third-order valence-electron chi connectivity index (χ3n) is 5.20. The van der Waals surface area contributed by atoms with Gasteiger partial charge in [-0.15, -0.1) is 0 Å². The van der Waals surface area contributed by atoms with Gasteiger partial charge in [0.1, 0.15) is 11.0 Å². The van der Waals surface area contributed by atoms with Crippen molar-refractivity contribution in [1.82, 2.24) is 19.4 Å². The maximum Gasteiger partial charge on any atom is 0.246 e. The number of aryl methyl sites for hydroxylation is 1. The molecular formula is C22H28ClFN4O3S. The average Bonchev–Trinajstić information content (AvgIpc) is 2.98. The van der Waals surface area contributed by atoms with Crippen LogP contribution in [0.15, 0.2) is 35.2 Å². The van der Waals surface area contributed by atoms with Crippen molar-refractivity contribution in [3.05, 3.63) is 52.6 Å². The SMILES string of the molecule is Cc1nn(CC(C)C)c(Cl)c1/C=C/C(=O)N1CCCC(NS(=O)(=O)c2cccc(F)c2)C1. The van der Waals surface area contributed by atoms with Crippen LogP contribution in [0.4, 0.5) is 4.39 Å². The summed E-state index contributed by atoms with van der Waals surface area (Å²) in [6.07, 6.45) is 4.35. The predicted molar refractivity (Wildman–Crippen MR) is 122 cm³/mol. The topological polar surface area (TPSA) is 84.3 Å². The first-order valence-corrected chi connectivity index (χ1v) is 12.4. The van der Waals surface area contributed by atoms with Crippen LogP contribution in [0.3, 0.4) is 0 Å². The largest absolute Gasteiger partial charge is 0.338 e. The molecule has 1 saturated heterocycles. The molecule has 32 heavy (non-hydrogen) atoms. The third-order valence-corrected chi connectivity index (χ3v) is 7.12. The number of aromatic nitrogens is 2. The summed E-state index contributed by atoms with van der Waals surface area (Å²) in [5.74, 6) is -0.470. The third kappa shape index (κ3) is 5.96. The van der Waals surface area contributed by atoms with E-state index in [1.54, 1.807) is 15.7 Å². The van der Waals surface area contributed by atoms with Crippen molar-refractivity contribution in [2.45, 2.75) is 51.1 Å². The molecule has 1 fully saturated rings. The fourth-order valence-electron chi connectivity index (χ4n) is 3.68. The highest BCUT2D eigenvalue weighted by molar-refractivity contribution is 7.89. The van der Waals surface area contributed by atoms with Crippen LogP contribution in [0.1, 0.15) is 37.9 Å². The predicted octanol–water partition coefficient (Wildman–Crippen LogP) is 3.62. The Morgan fingerprint density at radius 2 is 2.16 bits per heavy atom. The zero-order valence-electron chi connectivity index (χ0n) is 18.4. The second-order valence-corrected chi connectivity index (χ2v) is 10.5. The summed E-state index contributed by atoms with van der Waals surface area (Å²) in [5.41, 5.74) is 1.43. The normalized spacial score (nSPS) is 17.4. The first kappa shape index (κ1) is 24.4. The van der Waals surface area contributed by atoms with Gasteiger partial charge in [0, 0.05) is 37.3 Å². The molecule has 1 aromatic heterocycles. The number of amides is 1. The molecule has 174 valence electrons. The van der Waals surface area contributed by atoms with E-state index in [4.69, 9.17) is 11.6 Å². The number of carbonyl (C=O) groups excluding carboxylic acids is 1. The molecule has 0 radical (unpaired) electrons. The standard InChI is InChI=1S/C22H28ClFN4O3S/c1-15(2)13-28-22(23)20(16(3)25-28)9-10-21(29)27-11-5-7-18(14-27)26-32(30,31)19-8-4-6-17(24)12-19/h4,6,8-10,12,15,18,26H,5,7,11,13-14H2,1-3H3/b10-9+. The Morgan fingerprint density at radius 1 is 1.41 bits per heavy atom. The minimum Gasteiger partial charge on any atom is -0.338 e.